The van der Waals surface area contributed by atoms with Gasteiger partial charge in [0.2, 0.25) is 5.91 Å². The summed E-state index contributed by atoms with van der Waals surface area (Å²) in [5.41, 5.74) is -0.796. The van der Waals surface area contributed by atoms with Gasteiger partial charge in [-0.25, -0.2) is 4.39 Å². The van der Waals surface area contributed by atoms with E-state index in [9.17, 15) is 27.2 Å². The lowest BCUT2D eigenvalue weighted by Gasteiger charge is -2.70. The highest BCUT2D eigenvalue weighted by Crippen LogP contribution is 2.60. The van der Waals surface area contributed by atoms with Gasteiger partial charge in [-0.15, -0.1) is 0 Å². The van der Waals surface area contributed by atoms with E-state index < -0.39 is 35.1 Å². The number of benzene rings is 1. The van der Waals surface area contributed by atoms with Gasteiger partial charge in [-0.1, -0.05) is 11.6 Å². The van der Waals surface area contributed by atoms with Gasteiger partial charge >= 0.3 is 6.18 Å². The van der Waals surface area contributed by atoms with Crippen LogP contribution >= 0.6 is 11.6 Å². The van der Waals surface area contributed by atoms with Crippen LogP contribution in [0.2, 0.25) is 5.02 Å². The van der Waals surface area contributed by atoms with Crippen molar-refractivity contribution in [2.24, 2.45) is 5.92 Å². The van der Waals surface area contributed by atoms with Crippen molar-refractivity contribution in [1.82, 2.24) is 10.6 Å². The summed E-state index contributed by atoms with van der Waals surface area (Å²) in [7, 11) is 0. The largest absolute Gasteiger partial charge is 0.484 e. The van der Waals surface area contributed by atoms with Crippen LogP contribution in [0.15, 0.2) is 18.2 Å². The summed E-state index contributed by atoms with van der Waals surface area (Å²) in [4.78, 5) is 24.1. The predicted molar refractivity (Wildman–Crippen MR) is 101 cm³/mol. The maximum atomic E-state index is 13.4. The molecule has 5 rings (SSSR count). The Hall–Kier alpha value is -2.07. The van der Waals surface area contributed by atoms with Gasteiger partial charge in [0.05, 0.1) is 17.0 Å². The molecule has 0 heterocycles. The van der Waals surface area contributed by atoms with Crippen molar-refractivity contribution in [3.8, 4) is 5.75 Å². The van der Waals surface area contributed by atoms with Crippen molar-refractivity contribution in [3.63, 3.8) is 0 Å². The number of amides is 2. The van der Waals surface area contributed by atoms with E-state index in [1.807, 2.05) is 0 Å². The summed E-state index contributed by atoms with van der Waals surface area (Å²) < 4.78 is 61.2. The number of alkyl halides is 3. The summed E-state index contributed by atoms with van der Waals surface area (Å²) in [5, 5.41) is 5.68. The van der Waals surface area contributed by atoms with E-state index >= 15 is 0 Å². The van der Waals surface area contributed by atoms with Crippen molar-refractivity contribution in [1.29, 1.82) is 0 Å². The van der Waals surface area contributed by atoms with E-state index in [0.29, 0.717) is 19.3 Å². The Kier molecular flexibility index (Phi) is 5.58. The molecule has 170 valence electrons. The van der Waals surface area contributed by atoms with Gasteiger partial charge in [0.1, 0.15) is 18.2 Å². The van der Waals surface area contributed by atoms with Crippen molar-refractivity contribution in [2.45, 2.75) is 55.5 Å². The Morgan fingerprint density at radius 3 is 2.19 bits per heavy atom. The Balaban J connectivity index is 1.12. The second kappa shape index (κ2) is 7.81. The van der Waals surface area contributed by atoms with Gasteiger partial charge in [-0.05, 0) is 44.2 Å². The third-order valence-corrected chi connectivity index (χ3v) is 6.41. The quantitative estimate of drug-likeness (QED) is 0.580. The molecule has 4 fully saturated rings. The van der Waals surface area contributed by atoms with Crippen LogP contribution in [0, 0.1) is 11.7 Å². The number of carbonyl (C=O) groups excluding carboxylic acids is 2. The van der Waals surface area contributed by atoms with Gasteiger partial charge in [0.15, 0.2) is 6.61 Å². The third kappa shape index (κ3) is 4.74. The van der Waals surface area contributed by atoms with E-state index in [2.05, 4.69) is 10.6 Å². The molecule has 1 aromatic rings. The van der Waals surface area contributed by atoms with E-state index in [1.54, 1.807) is 0 Å². The van der Waals surface area contributed by atoms with Crippen LogP contribution < -0.4 is 15.4 Å². The Bertz CT molecular complexity index is 869. The molecule has 0 aliphatic heterocycles. The molecule has 4 saturated carbocycles. The maximum Gasteiger partial charge on any atom is 0.392 e. The second-order valence-corrected chi connectivity index (χ2v) is 9.10. The highest BCUT2D eigenvalue weighted by molar-refractivity contribution is 6.30. The number of halogens is 5. The summed E-state index contributed by atoms with van der Waals surface area (Å²) in [5.74, 6) is -2.53. The fourth-order valence-electron chi connectivity index (χ4n) is 4.59. The molecule has 4 aliphatic rings. The summed E-state index contributed by atoms with van der Waals surface area (Å²) in [6.45, 7) is -0.557. The fourth-order valence-corrected chi connectivity index (χ4v) is 4.71. The number of hydrogen-bond donors (Lipinski definition) is 2. The van der Waals surface area contributed by atoms with Gasteiger partial charge in [-0.2, -0.15) is 13.2 Å². The van der Waals surface area contributed by atoms with Crippen LogP contribution in [0.3, 0.4) is 0 Å². The molecule has 2 N–H and O–H groups in total. The minimum atomic E-state index is -4.21. The molecule has 31 heavy (non-hydrogen) atoms. The van der Waals surface area contributed by atoms with Crippen LogP contribution in [-0.4, -0.2) is 48.4 Å². The molecular weight excluding hydrogens is 444 g/mol. The monoisotopic (exact) mass is 464 g/mol. The Labute approximate surface area is 180 Å². The van der Waals surface area contributed by atoms with Crippen molar-refractivity contribution in [3.05, 3.63) is 29.0 Å². The first-order valence-electron chi connectivity index (χ1n) is 9.86. The van der Waals surface area contributed by atoms with E-state index in [-0.39, 0.29) is 48.6 Å². The van der Waals surface area contributed by atoms with E-state index in [1.165, 1.54) is 12.1 Å². The first-order valence-corrected chi connectivity index (χ1v) is 10.2. The minimum Gasteiger partial charge on any atom is -0.484 e. The third-order valence-electron chi connectivity index (χ3n) is 6.11. The van der Waals surface area contributed by atoms with E-state index in [0.717, 1.165) is 6.07 Å². The first-order chi connectivity index (χ1) is 14.5. The molecule has 1 aromatic carbocycles. The lowest BCUT2D eigenvalue weighted by Crippen LogP contribution is -2.84. The average Bonchev–Trinajstić information content (AvgIpc) is 2.57. The molecule has 2 amide bonds. The molecule has 0 radical (unpaired) electrons. The normalized spacial score (nSPS) is 31.0. The molecule has 2 bridgehead atoms. The van der Waals surface area contributed by atoms with Crippen molar-refractivity contribution >= 4 is 23.4 Å². The summed E-state index contributed by atoms with van der Waals surface area (Å²) in [6.07, 6.45) is -3.27. The Morgan fingerprint density at radius 1 is 1.06 bits per heavy atom. The number of nitrogens with one attached hydrogen (secondary N) is 2. The van der Waals surface area contributed by atoms with Crippen LogP contribution in [0.4, 0.5) is 17.6 Å². The molecular formula is C20H21ClF4N2O4. The first kappa shape index (κ1) is 22.1. The topological polar surface area (TPSA) is 76.7 Å². The van der Waals surface area contributed by atoms with Gasteiger partial charge in [-0.3, -0.25) is 9.59 Å². The highest BCUT2D eigenvalue weighted by atomic mass is 35.5. The number of ether oxygens (including phenoxy) is 2. The molecule has 0 saturated heterocycles. The Morgan fingerprint density at radius 2 is 1.65 bits per heavy atom. The average molecular weight is 465 g/mol. The molecule has 0 aromatic heterocycles. The van der Waals surface area contributed by atoms with Gasteiger partial charge < -0.3 is 20.1 Å². The number of rotatable bonds is 8. The SMILES string of the molecule is O=C(COc1ccc(Cl)c(F)c1)NC12CC(NC(=O)COC3CC(C(F)(F)F)C3)(C1)C2. The number of hydrogen-bond acceptors (Lipinski definition) is 4. The van der Waals surface area contributed by atoms with Gasteiger partial charge in [0, 0.05) is 17.1 Å². The lowest BCUT2D eigenvalue weighted by molar-refractivity contribution is -0.220. The second-order valence-electron chi connectivity index (χ2n) is 8.69. The smallest absolute Gasteiger partial charge is 0.392 e. The molecule has 6 nitrogen and oxygen atoms in total. The zero-order chi connectivity index (χ0) is 22.4. The molecule has 0 spiro atoms. The molecule has 11 heteroatoms. The van der Waals surface area contributed by atoms with Gasteiger partial charge in [0.25, 0.3) is 5.91 Å². The van der Waals surface area contributed by atoms with Crippen molar-refractivity contribution < 1.29 is 36.6 Å². The molecule has 0 unspecified atom stereocenters. The maximum absolute atomic E-state index is 13.4. The van der Waals surface area contributed by atoms with Crippen LogP contribution in [0.1, 0.15) is 32.1 Å². The standard InChI is InChI=1S/C20H21ClF4N2O4/c21-14-2-1-12(5-15(14)22)30-6-16(28)26-18-8-19(9-18,10-18)27-17(29)7-31-13-3-11(4-13)20(23,24)25/h1-2,5,11,13H,3-4,6-10H2,(H,26,28)(H,27,29). The highest BCUT2D eigenvalue weighted by Gasteiger charge is 2.69. The van der Waals surface area contributed by atoms with Crippen LogP contribution in [-0.2, 0) is 14.3 Å². The van der Waals surface area contributed by atoms with E-state index in [4.69, 9.17) is 21.1 Å². The molecule has 4 aliphatic carbocycles. The molecule has 0 atom stereocenters. The van der Waals surface area contributed by atoms with Crippen molar-refractivity contribution in [2.75, 3.05) is 13.2 Å². The zero-order valence-electron chi connectivity index (χ0n) is 16.4. The summed E-state index contributed by atoms with van der Waals surface area (Å²) in [6, 6.07) is 3.89. The number of carbonyl (C=O) groups is 2. The zero-order valence-corrected chi connectivity index (χ0v) is 17.1. The summed E-state index contributed by atoms with van der Waals surface area (Å²) >= 11 is 5.59. The fraction of sp³-hybridized carbons (Fsp3) is 0.600. The minimum absolute atomic E-state index is 0.0402. The predicted octanol–water partition coefficient (Wildman–Crippen LogP) is 3.12. The van der Waals surface area contributed by atoms with Crippen LogP contribution in [0.5, 0.6) is 5.75 Å². The lowest BCUT2D eigenvalue weighted by atomic mass is 9.44. The van der Waals surface area contributed by atoms with Crippen LogP contribution in [0.25, 0.3) is 0 Å².